The highest BCUT2D eigenvalue weighted by atomic mass is 32.2. The van der Waals surface area contributed by atoms with E-state index in [-0.39, 0.29) is 22.2 Å². The SMILES string of the molecule is O=C(COC(=O)c1ccccc1SC(F)F)Nc1cc([N+](=O)[O-])ccc1F. The molecule has 0 saturated carbocycles. The number of nitrogens with zero attached hydrogens (tertiary/aromatic N) is 1. The summed E-state index contributed by atoms with van der Waals surface area (Å²) in [5.74, 6) is -5.65. The summed E-state index contributed by atoms with van der Waals surface area (Å²) in [5.41, 5.74) is -1.06. The molecule has 27 heavy (non-hydrogen) atoms. The summed E-state index contributed by atoms with van der Waals surface area (Å²) < 4.78 is 43.4. The van der Waals surface area contributed by atoms with Crippen LogP contribution < -0.4 is 5.32 Å². The molecule has 0 spiro atoms. The number of non-ortho nitro benzene ring substituents is 1. The number of nitrogens with one attached hydrogen (secondary N) is 1. The average molecular weight is 400 g/mol. The Labute approximate surface area is 154 Å². The number of ether oxygens (including phenoxy) is 1. The number of carbonyl (C=O) groups is 2. The van der Waals surface area contributed by atoms with Crippen molar-refractivity contribution in [3.8, 4) is 0 Å². The first-order valence-electron chi connectivity index (χ1n) is 7.22. The molecule has 2 aromatic rings. The van der Waals surface area contributed by atoms with E-state index >= 15 is 0 Å². The van der Waals surface area contributed by atoms with Crippen LogP contribution in [0.15, 0.2) is 47.4 Å². The molecule has 0 aromatic heterocycles. The van der Waals surface area contributed by atoms with E-state index in [1.807, 2.05) is 5.32 Å². The van der Waals surface area contributed by atoms with Gasteiger partial charge in [0.1, 0.15) is 5.82 Å². The minimum atomic E-state index is -2.75. The van der Waals surface area contributed by atoms with Crippen LogP contribution in [-0.4, -0.2) is 29.2 Å². The maximum absolute atomic E-state index is 13.6. The highest BCUT2D eigenvalue weighted by Gasteiger charge is 2.18. The number of alkyl halides is 2. The number of amides is 1. The molecule has 1 N–H and O–H groups in total. The van der Waals surface area contributed by atoms with Crippen LogP contribution in [0, 0.1) is 15.9 Å². The van der Waals surface area contributed by atoms with Crippen molar-refractivity contribution < 1.29 is 32.4 Å². The van der Waals surface area contributed by atoms with Crippen LogP contribution in [0.1, 0.15) is 10.4 Å². The van der Waals surface area contributed by atoms with E-state index in [4.69, 9.17) is 4.74 Å². The summed E-state index contributed by atoms with van der Waals surface area (Å²) in [7, 11) is 0. The average Bonchev–Trinajstić information content (AvgIpc) is 2.61. The number of hydrogen-bond donors (Lipinski definition) is 1. The Hall–Kier alpha value is -3.08. The standard InChI is InChI=1S/C16H11F3N2O5S/c17-11-6-5-9(21(24)25)7-12(11)20-14(22)8-26-15(23)10-3-1-2-4-13(10)27-16(18)19/h1-7,16H,8H2,(H,20,22). The Balaban J connectivity index is 2.01. The van der Waals surface area contributed by atoms with E-state index in [0.717, 1.165) is 18.2 Å². The molecule has 0 fully saturated rings. The molecule has 11 heteroatoms. The van der Waals surface area contributed by atoms with Crippen molar-refractivity contribution >= 4 is 35.0 Å². The van der Waals surface area contributed by atoms with Crippen molar-refractivity contribution in [3.05, 3.63) is 64.0 Å². The number of rotatable bonds is 7. The maximum atomic E-state index is 13.6. The van der Waals surface area contributed by atoms with Gasteiger partial charge < -0.3 is 10.1 Å². The zero-order chi connectivity index (χ0) is 20.0. The van der Waals surface area contributed by atoms with Gasteiger partial charge in [0.25, 0.3) is 17.4 Å². The lowest BCUT2D eigenvalue weighted by Crippen LogP contribution is -2.21. The summed E-state index contributed by atoms with van der Waals surface area (Å²) >= 11 is 0.148. The van der Waals surface area contributed by atoms with Gasteiger partial charge in [-0.05, 0) is 18.2 Å². The number of esters is 1. The van der Waals surface area contributed by atoms with E-state index in [9.17, 15) is 32.9 Å². The molecule has 0 radical (unpaired) electrons. The number of halogens is 3. The van der Waals surface area contributed by atoms with Crippen LogP contribution >= 0.6 is 11.8 Å². The lowest BCUT2D eigenvalue weighted by molar-refractivity contribution is -0.384. The van der Waals surface area contributed by atoms with Gasteiger partial charge in [-0.3, -0.25) is 14.9 Å². The predicted molar refractivity (Wildman–Crippen MR) is 90.3 cm³/mol. The van der Waals surface area contributed by atoms with E-state index in [0.29, 0.717) is 0 Å². The molecule has 0 aliphatic heterocycles. The second kappa shape index (κ2) is 9.03. The number of nitro benzene ring substituents is 1. The third-order valence-electron chi connectivity index (χ3n) is 3.09. The molecule has 7 nitrogen and oxygen atoms in total. The van der Waals surface area contributed by atoms with Crippen LogP contribution in [0.3, 0.4) is 0 Å². The van der Waals surface area contributed by atoms with Crippen molar-refractivity contribution in [1.82, 2.24) is 0 Å². The highest BCUT2D eigenvalue weighted by Crippen LogP contribution is 2.28. The molecule has 0 bridgehead atoms. The molecule has 142 valence electrons. The zero-order valence-corrected chi connectivity index (χ0v) is 14.2. The molecule has 0 saturated heterocycles. The molecule has 0 atom stereocenters. The van der Waals surface area contributed by atoms with Crippen LogP contribution in [-0.2, 0) is 9.53 Å². The largest absolute Gasteiger partial charge is 0.452 e. The minimum absolute atomic E-state index is 0.0253. The fourth-order valence-electron chi connectivity index (χ4n) is 1.95. The summed E-state index contributed by atoms with van der Waals surface area (Å²) in [6.45, 7) is -0.839. The molecule has 2 rings (SSSR count). The van der Waals surface area contributed by atoms with E-state index < -0.39 is 46.4 Å². The molecular weight excluding hydrogens is 389 g/mol. The van der Waals surface area contributed by atoms with Crippen LogP contribution in [0.2, 0.25) is 0 Å². The zero-order valence-electron chi connectivity index (χ0n) is 13.4. The summed E-state index contributed by atoms with van der Waals surface area (Å²) in [6.07, 6.45) is 0. The monoisotopic (exact) mass is 400 g/mol. The van der Waals surface area contributed by atoms with E-state index in [1.54, 1.807) is 0 Å². The molecule has 0 heterocycles. The smallest absolute Gasteiger partial charge is 0.339 e. The van der Waals surface area contributed by atoms with Gasteiger partial charge in [-0.1, -0.05) is 23.9 Å². The van der Waals surface area contributed by atoms with Gasteiger partial charge in [0, 0.05) is 17.0 Å². The predicted octanol–water partition coefficient (Wildman–Crippen LogP) is 3.84. The van der Waals surface area contributed by atoms with Crippen LogP contribution in [0.5, 0.6) is 0 Å². The molecule has 1 amide bonds. The fourth-order valence-corrected chi connectivity index (χ4v) is 2.58. The number of benzene rings is 2. The van der Waals surface area contributed by atoms with Crippen molar-refractivity contribution in [1.29, 1.82) is 0 Å². The Morgan fingerprint density at radius 2 is 1.93 bits per heavy atom. The Bertz CT molecular complexity index is 879. The lowest BCUT2D eigenvalue weighted by atomic mass is 10.2. The fraction of sp³-hybridized carbons (Fsp3) is 0.125. The first-order valence-corrected chi connectivity index (χ1v) is 8.10. The van der Waals surface area contributed by atoms with E-state index in [1.165, 1.54) is 24.3 Å². The van der Waals surface area contributed by atoms with Gasteiger partial charge in [-0.25, -0.2) is 9.18 Å². The van der Waals surface area contributed by atoms with Gasteiger partial charge in [-0.2, -0.15) is 8.78 Å². The molecule has 0 aliphatic rings. The van der Waals surface area contributed by atoms with Gasteiger partial charge in [0.05, 0.1) is 16.2 Å². The third kappa shape index (κ3) is 5.71. The lowest BCUT2D eigenvalue weighted by Gasteiger charge is -2.09. The Morgan fingerprint density at radius 3 is 2.59 bits per heavy atom. The Kier molecular flexibility index (Phi) is 6.77. The first kappa shape index (κ1) is 20.2. The Morgan fingerprint density at radius 1 is 1.22 bits per heavy atom. The van der Waals surface area contributed by atoms with Crippen molar-refractivity contribution in [3.63, 3.8) is 0 Å². The van der Waals surface area contributed by atoms with E-state index in [2.05, 4.69) is 0 Å². The topological polar surface area (TPSA) is 98.5 Å². The number of thioether (sulfide) groups is 1. The van der Waals surface area contributed by atoms with Crippen molar-refractivity contribution in [2.24, 2.45) is 0 Å². The minimum Gasteiger partial charge on any atom is -0.452 e. The molecule has 0 aliphatic carbocycles. The van der Waals surface area contributed by atoms with Crippen molar-refractivity contribution in [2.75, 3.05) is 11.9 Å². The number of carbonyl (C=O) groups excluding carboxylic acids is 2. The number of anilines is 1. The van der Waals surface area contributed by atoms with Crippen molar-refractivity contribution in [2.45, 2.75) is 10.7 Å². The first-order chi connectivity index (χ1) is 12.8. The second-order valence-corrected chi connectivity index (χ2v) is 5.95. The third-order valence-corrected chi connectivity index (χ3v) is 3.88. The number of hydrogen-bond acceptors (Lipinski definition) is 6. The second-order valence-electron chi connectivity index (χ2n) is 4.92. The van der Waals surface area contributed by atoms with Gasteiger partial charge >= 0.3 is 5.97 Å². The molecule has 2 aromatic carbocycles. The maximum Gasteiger partial charge on any atom is 0.339 e. The molecular formula is C16H11F3N2O5S. The summed E-state index contributed by atoms with van der Waals surface area (Å²) in [6, 6.07) is 7.98. The van der Waals surface area contributed by atoms with Crippen LogP contribution in [0.4, 0.5) is 24.5 Å². The van der Waals surface area contributed by atoms with Gasteiger partial charge in [0.15, 0.2) is 6.61 Å². The van der Waals surface area contributed by atoms with Gasteiger partial charge in [-0.15, -0.1) is 0 Å². The van der Waals surface area contributed by atoms with Crippen LogP contribution in [0.25, 0.3) is 0 Å². The quantitative estimate of drug-likeness (QED) is 0.328. The molecule has 0 unspecified atom stereocenters. The highest BCUT2D eigenvalue weighted by molar-refractivity contribution is 7.99. The number of nitro groups is 1. The summed E-state index contributed by atoms with van der Waals surface area (Å²) in [4.78, 5) is 33.7. The normalized spacial score (nSPS) is 10.5. The van der Waals surface area contributed by atoms with Gasteiger partial charge in [0.2, 0.25) is 0 Å². The summed E-state index contributed by atoms with van der Waals surface area (Å²) in [5, 5.41) is 12.7.